The highest BCUT2D eigenvalue weighted by molar-refractivity contribution is 5.79. The zero-order valence-electron chi connectivity index (χ0n) is 24.0. The van der Waals surface area contributed by atoms with Crippen molar-refractivity contribution in [1.82, 2.24) is 24.4 Å². The van der Waals surface area contributed by atoms with Crippen molar-refractivity contribution >= 4 is 22.9 Å². The number of morpholine rings is 1. The van der Waals surface area contributed by atoms with Crippen LogP contribution in [0, 0.1) is 17.8 Å². The smallest absolute Gasteiger partial charge is 0.296 e. The number of aliphatic hydroxyl groups excluding tert-OH is 1. The second kappa shape index (κ2) is 13.0. The van der Waals surface area contributed by atoms with E-state index in [1.807, 2.05) is 21.9 Å². The molecular formula is C31H40F2N6O3. The molecule has 2 aliphatic heterocycles. The van der Waals surface area contributed by atoms with Crippen molar-refractivity contribution in [2.24, 2.45) is 17.8 Å². The van der Waals surface area contributed by atoms with Gasteiger partial charge in [0.2, 0.25) is 11.9 Å². The highest BCUT2D eigenvalue weighted by Gasteiger charge is 2.33. The Morgan fingerprint density at radius 2 is 1.79 bits per heavy atom. The van der Waals surface area contributed by atoms with Crippen molar-refractivity contribution in [3.63, 3.8) is 0 Å². The number of nitrogens with zero attached hydrogens (tertiary/aromatic N) is 6. The number of fused-ring (bicyclic) bond motifs is 1. The van der Waals surface area contributed by atoms with Gasteiger partial charge in [0, 0.05) is 50.5 Å². The first-order valence-electron chi connectivity index (χ1n) is 15.4. The molecule has 1 saturated carbocycles. The van der Waals surface area contributed by atoms with Crippen LogP contribution in [-0.2, 0) is 16.0 Å². The Morgan fingerprint density at radius 1 is 1.00 bits per heavy atom. The number of para-hydroxylation sites is 2. The summed E-state index contributed by atoms with van der Waals surface area (Å²) >= 11 is 0. The number of aromatic nitrogens is 4. The highest BCUT2D eigenvalue weighted by atomic mass is 19.3. The molecule has 0 unspecified atom stereocenters. The number of amides is 1. The lowest BCUT2D eigenvalue weighted by Gasteiger charge is -2.29. The first-order valence-corrected chi connectivity index (χ1v) is 15.4. The van der Waals surface area contributed by atoms with Gasteiger partial charge in [-0.3, -0.25) is 9.36 Å². The van der Waals surface area contributed by atoms with Crippen LogP contribution in [0.3, 0.4) is 0 Å². The Bertz CT molecular complexity index is 1370. The van der Waals surface area contributed by atoms with Gasteiger partial charge in [-0.15, -0.1) is 0 Å². The summed E-state index contributed by atoms with van der Waals surface area (Å²) in [7, 11) is 0. The second-order valence-corrected chi connectivity index (χ2v) is 11.9. The minimum absolute atomic E-state index is 0.0991. The Kier molecular flexibility index (Phi) is 8.95. The first-order chi connectivity index (χ1) is 20.5. The van der Waals surface area contributed by atoms with Gasteiger partial charge in [-0.25, -0.2) is 18.7 Å². The molecule has 3 aliphatic rings. The number of benzene rings is 1. The molecule has 1 N–H and O–H groups in total. The first kappa shape index (κ1) is 28.9. The molecule has 1 aliphatic carbocycles. The number of hydrogen-bond donors (Lipinski definition) is 1. The topological polar surface area (TPSA) is 96.6 Å². The fourth-order valence-corrected chi connectivity index (χ4v) is 6.74. The van der Waals surface area contributed by atoms with Gasteiger partial charge in [-0.05, 0) is 75.3 Å². The summed E-state index contributed by atoms with van der Waals surface area (Å²) in [4.78, 5) is 31.0. The average molecular weight is 583 g/mol. The lowest BCUT2D eigenvalue weighted by molar-refractivity contribution is -0.136. The third-order valence-corrected chi connectivity index (χ3v) is 9.16. The zero-order valence-corrected chi connectivity index (χ0v) is 24.0. The van der Waals surface area contributed by atoms with Gasteiger partial charge >= 0.3 is 0 Å². The normalized spacial score (nSPS) is 23.3. The minimum Gasteiger partial charge on any atom is -0.396 e. The SMILES string of the molecule is O=C(C1CCC(CO)CC1)N1CC[C@H](CCCc2cc(-n3c(C(F)F)nc4ccccc43)nc(N3CCOCC3)n2)C1. The van der Waals surface area contributed by atoms with E-state index in [2.05, 4.69) is 4.98 Å². The Balaban J connectivity index is 1.15. The molecule has 6 rings (SSSR count). The molecule has 2 saturated heterocycles. The van der Waals surface area contributed by atoms with Crippen LogP contribution in [0.4, 0.5) is 14.7 Å². The molecule has 2 aromatic heterocycles. The van der Waals surface area contributed by atoms with E-state index in [-0.39, 0.29) is 24.3 Å². The van der Waals surface area contributed by atoms with Gasteiger partial charge < -0.3 is 19.6 Å². The standard InChI is InChI=1S/C31H40F2N6O3/c32-28(33)29-35-25-6-1-2-7-26(25)39(29)27-18-24(34-31(36-27)37-14-16-42-17-15-37)5-3-4-21-12-13-38(19-21)30(41)23-10-8-22(20-40)9-11-23/h1-2,6-7,18,21-23,28,40H,3-5,8-17,19-20H2/t21-,22?,23?/m0/s1. The number of rotatable bonds is 9. The molecule has 1 aromatic carbocycles. The second-order valence-electron chi connectivity index (χ2n) is 11.9. The molecule has 0 bridgehead atoms. The Labute approximate surface area is 244 Å². The maximum atomic E-state index is 14.1. The molecule has 4 heterocycles. The van der Waals surface area contributed by atoms with Crippen LogP contribution in [0.15, 0.2) is 30.3 Å². The fraction of sp³-hybridized carbons (Fsp3) is 0.613. The highest BCUT2D eigenvalue weighted by Crippen LogP contribution is 2.32. The van der Waals surface area contributed by atoms with Crippen LogP contribution >= 0.6 is 0 Å². The van der Waals surface area contributed by atoms with Crippen LogP contribution < -0.4 is 4.90 Å². The van der Waals surface area contributed by atoms with E-state index in [0.717, 1.165) is 63.7 Å². The van der Waals surface area contributed by atoms with E-state index < -0.39 is 6.43 Å². The molecule has 3 fully saturated rings. The third-order valence-electron chi connectivity index (χ3n) is 9.16. The van der Waals surface area contributed by atoms with Gasteiger partial charge in [0.15, 0.2) is 5.82 Å². The summed E-state index contributed by atoms with van der Waals surface area (Å²) in [5.41, 5.74) is 1.90. The lowest BCUT2D eigenvalue weighted by Crippen LogP contribution is -2.37. The summed E-state index contributed by atoms with van der Waals surface area (Å²) in [6.45, 7) is 4.25. The van der Waals surface area contributed by atoms with E-state index in [1.165, 1.54) is 4.57 Å². The fourth-order valence-electron chi connectivity index (χ4n) is 6.74. The van der Waals surface area contributed by atoms with Crippen LogP contribution in [0.25, 0.3) is 16.9 Å². The minimum atomic E-state index is -2.75. The number of carbonyl (C=O) groups excluding carboxylic acids is 1. The van der Waals surface area contributed by atoms with Crippen molar-refractivity contribution in [2.75, 3.05) is 50.9 Å². The quantitative estimate of drug-likeness (QED) is 0.395. The largest absolute Gasteiger partial charge is 0.396 e. The number of imidazole rings is 1. The summed E-state index contributed by atoms with van der Waals surface area (Å²) < 4.78 is 35.2. The van der Waals surface area contributed by atoms with Gasteiger partial charge in [0.05, 0.1) is 24.2 Å². The zero-order chi connectivity index (χ0) is 29.1. The van der Waals surface area contributed by atoms with Gasteiger partial charge in [0.25, 0.3) is 6.43 Å². The number of likely N-dealkylation sites (tertiary alicyclic amines) is 1. The molecule has 226 valence electrons. The molecule has 0 spiro atoms. The van der Waals surface area contributed by atoms with Gasteiger partial charge in [-0.1, -0.05) is 12.1 Å². The monoisotopic (exact) mass is 582 g/mol. The van der Waals surface area contributed by atoms with Crippen LogP contribution in [0.2, 0.25) is 0 Å². The number of alkyl halides is 2. The van der Waals surface area contributed by atoms with E-state index in [4.69, 9.17) is 14.7 Å². The van der Waals surface area contributed by atoms with E-state index >= 15 is 0 Å². The molecule has 42 heavy (non-hydrogen) atoms. The molecule has 0 radical (unpaired) electrons. The van der Waals surface area contributed by atoms with Gasteiger partial charge in [0.1, 0.15) is 5.82 Å². The molecule has 1 atom stereocenters. The Morgan fingerprint density at radius 3 is 2.55 bits per heavy atom. The molecular weight excluding hydrogens is 542 g/mol. The number of ether oxygens (including phenoxy) is 1. The molecule has 3 aromatic rings. The summed E-state index contributed by atoms with van der Waals surface area (Å²) in [5, 5.41) is 9.40. The number of carbonyl (C=O) groups is 1. The summed E-state index contributed by atoms with van der Waals surface area (Å²) in [6, 6.07) is 8.95. The third kappa shape index (κ3) is 6.27. The van der Waals surface area contributed by atoms with Crippen LogP contribution in [-0.4, -0.2) is 81.4 Å². The average Bonchev–Trinajstić information content (AvgIpc) is 3.66. The van der Waals surface area contributed by atoms with Crippen molar-refractivity contribution < 1.29 is 23.4 Å². The van der Waals surface area contributed by atoms with Crippen molar-refractivity contribution in [3.8, 4) is 5.82 Å². The number of halogens is 2. The van der Waals surface area contributed by atoms with Crippen molar-refractivity contribution in [2.45, 2.75) is 57.8 Å². The lowest BCUT2D eigenvalue weighted by atomic mass is 9.82. The van der Waals surface area contributed by atoms with Gasteiger partial charge in [-0.2, -0.15) is 4.98 Å². The van der Waals surface area contributed by atoms with Crippen molar-refractivity contribution in [3.05, 3.63) is 41.9 Å². The number of aliphatic hydroxyl groups is 1. The predicted molar refractivity (Wildman–Crippen MR) is 155 cm³/mol. The predicted octanol–water partition coefficient (Wildman–Crippen LogP) is 4.56. The Hall–Kier alpha value is -3.18. The van der Waals surface area contributed by atoms with Crippen LogP contribution in [0.5, 0.6) is 0 Å². The molecule has 11 heteroatoms. The summed E-state index contributed by atoms with van der Waals surface area (Å²) in [6.07, 6.45) is 4.45. The van der Waals surface area contributed by atoms with E-state index in [9.17, 15) is 18.7 Å². The number of aryl methyl sites for hydroxylation is 1. The maximum absolute atomic E-state index is 14.1. The van der Waals surface area contributed by atoms with E-state index in [0.29, 0.717) is 67.4 Å². The molecule has 9 nitrogen and oxygen atoms in total. The number of hydrogen-bond acceptors (Lipinski definition) is 7. The van der Waals surface area contributed by atoms with Crippen molar-refractivity contribution in [1.29, 1.82) is 0 Å². The summed E-state index contributed by atoms with van der Waals surface area (Å²) in [5.74, 6) is 1.78. The van der Waals surface area contributed by atoms with Crippen LogP contribution in [0.1, 0.15) is 62.9 Å². The number of anilines is 1. The maximum Gasteiger partial charge on any atom is 0.296 e. The van der Waals surface area contributed by atoms with E-state index in [1.54, 1.807) is 18.2 Å². The molecule has 1 amide bonds.